The second-order valence-electron chi connectivity index (χ2n) is 1.55. The Bertz CT molecular complexity index is 183. The van der Waals surface area contributed by atoms with Crippen LogP contribution in [0.15, 0.2) is 23.8 Å². The molecule has 1 atom stereocenters. The molecule has 0 spiro atoms. The quantitative estimate of drug-likeness (QED) is 0.453. The van der Waals surface area contributed by atoms with Crippen molar-refractivity contribution in [3.63, 3.8) is 0 Å². The summed E-state index contributed by atoms with van der Waals surface area (Å²) in [6.07, 6.45) is 4.12. The van der Waals surface area contributed by atoms with Gasteiger partial charge in [-0.15, -0.1) is 0 Å². The third-order valence-corrected chi connectivity index (χ3v) is 0.878. The van der Waals surface area contributed by atoms with Crippen LogP contribution in [0.25, 0.3) is 0 Å². The van der Waals surface area contributed by atoms with Crippen LogP contribution in [0.4, 0.5) is 0 Å². The van der Waals surface area contributed by atoms with Crippen molar-refractivity contribution in [3.05, 3.63) is 23.8 Å². The summed E-state index contributed by atoms with van der Waals surface area (Å²) in [5.74, 6) is 5.09. The van der Waals surface area contributed by atoms with E-state index in [4.69, 9.17) is 16.7 Å². The van der Waals surface area contributed by atoms with Crippen LogP contribution in [0.1, 0.15) is 6.92 Å². The van der Waals surface area contributed by atoms with Crippen molar-refractivity contribution in [2.24, 2.45) is 0 Å². The Morgan fingerprint density at radius 2 is 2.30 bits per heavy atom. The third-order valence-electron chi connectivity index (χ3n) is 0.752. The molecule has 1 unspecified atom stereocenters. The SMILES string of the molecule is C/C=C/C(O)C#C/C=C/Cl. The van der Waals surface area contributed by atoms with Gasteiger partial charge in [-0.05, 0) is 19.1 Å². The van der Waals surface area contributed by atoms with Gasteiger partial charge in [-0.1, -0.05) is 29.5 Å². The van der Waals surface area contributed by atoms with Gasteiger partial charge in [0, 0.05) is 5.54 Å². The summed E-state index contributed by atoms with van der Waals surface area (Å²) in [6, 6.07) is 0. The fourth-order valence-electron chi connectivity index (χ4n) is 0.395. The maximum absolute atomic E-state index is 8.94. The first kappa shape index (κ1) is 9.29. The highest BCUT2D eigenvalue weighted by atomic mass is 35.5. The molecule has 0 aliphatic rings. The summed E-state index contributed by atoms with van der Waals surface area (Å²) in [5, 5.41) is 8.94. The Morgan fingerprint density at radius 3 is 2.80 bits per heavy atom. The maximum Gasteiger partial charge on any atom is 0.133 e. The van der Waals surface area contributed by atoms with E-state index in [0.717, 1.165) is 0 Å². The standard InChI is InChI=1S/C8H9ClO/c1-2-5-8(10)6-3-4-7-9/h2,4-5,7-8,10H,1H3/b5-2+,7-4+. The Morgan fingerprint density at radius 1 is 1.60 bits per heavy atom. The molecule has 54 valence electrons. The lowest BCUT2D eigenvalue weighted by molar-refractivity contribution is 0.280. The molecule has 1 nitrogen and oxygen atoms in total. The van der Waals surface area contributed by atoms with Crippen molar-refractivity contribution in [2.75, 3.05) is 0 Å². The smallest absolute Gasteiger partial charge is 0.133 e. The molecule has 2 heteroatoms. The minimum Gasteiger partial charge on any atom is -0.377 e. The highest BCUT2D eigenvalue weighted by molar-refractivity contribution is 6.25. The van der Waals surface area contributed by atoms with Gasteiger partial charge < -0.3 is 5.11 Å². The number of aliphatic hydroxyl groups excluding tert-OH is 1. The lowest BCUT2D eigenvalue weighted by Gasteiger charge is -1.88. The summed E-state index contributed by atoms with van der Waals surface area (Å²) in [7, 11) is 0. The Labute approximate surface area is 66.0 Å². The van der Waals surface area contributed by atoms with E-state index in [1.807, 2.05) is 6.92 Å². The van der Waals surface area contributed by atoms with Crippen LogP contribution in [0, 0.1) is 11.8 Å². The van der Waals surface area contributed by atoms with Crippen LogP contribution in [0.2, 0.25) is 0 Å². The molecule has 0 saturated carbocycles. The van der Waals surface area contributed by atoms with Gasteiger partial charge in [-0.3, -0.25) is 0 Å². The van der Waals surface area contributed by atoms with E-state index >= 15 is 0 Å². The lowest BCUT2D eigenvalue weighted by Crippen LogP contribution is -1.95. The van der Waals surface area contributed by atoms with E-state index in [-0.39, 0.29) is 0 Å². The van der Waals surface area contributed by atoms with E-state index in [2.05, 4.69) is 11.8 Å². The molecule has 0 saturated heterocycles. The number of hydrogen-bond acceptors (Lipinski definition) is 1. The Hall–Kier alpha value is -0.710. The molecule has 0 aliphatic carbocycles. The first-order valence-electron chi connectivity index (χ1n) is 2.88. The predicted molar refractivity (Wildman–Crippen MR) is 43.6 cm³/mol. The molecule has 0 bridgehead atoms. The zero-order valence-corrected chi connectivity index (χ0v) is 6.47. The minimum absolute atomic E-state index is 0.683. The van der Waals surface area contributed by atoms with Crippen LogP contribution >= 0.6 is 11.6 Å². The van der Waals surface area contributed by atoms with E-state index < -0.39 is 6.10 Å². The molecule has 0 aliphatic heterocycles. The van der Waals surface area contributed by atoms with Gasteiger partial charge in [-0.2, -0.15) is 0 Å². The van der Waals surface area contributed by atoms with Gasteiger partial charge >= 0.3 is 0 Å². The first-order chi connectivity index (χ1) is 4.81. The van der Waals surface area contributed by atoms with Gasteiger partial charge in [0.25, 0.3) is 0 Å². The predicted octanol–water partition coefficient (Wildman–Crippen LogP) is 1.68. The van der Waals surface area contributed by atoms with E-state index in [1.165, 1.54) is 11.6 Å². The number of allylic oxidation sites excluding steroid dienone is 2. The van der Waals surface area contributed by atoms with Crippen molar-refractivity contribution in [1.29, 1.82) is 0 Å². The van der Waals surface area contributed by atoms with Gasteiger partial charge in [0.05, 0.1) is 0 Å². The summed E-state index contributed by atoms with van der Waals surface area (Å²) >= 11 is 5.18. The summed E-state index contributed by atoms with van der Waals surface area (Å²) in [6.45, 7) is 1.82. The molecule has 1 N–H and O–H groups in total. The zero-order chi connectivity index (χ0) is 7.82. The van der Waals surface area contributed by atoms with Gasteiger partial charge in [0.15, 0.2) is 0 Å². The highest BCUT2D eigenvalue weighted by Crippen LogP contribution is 1.82. The highest BCUT2D eigenvalue weighted by Gasteiger charge is 1.85. The van der Waals surface area contributed by atoms with Crippen molar-refractivity contribution >= 4 is 11.6 Å². The zero-order valence-electron chi connectivity index (χ0n) is 5.71. The topological polar surface area (TPSA) is 20.2 Å². The van der Waals surface area contributed by atoms with Crippen LogP contribution in [0.3, 0.4) is 0 Å². The fraction of sp³-hybridized carbons (Fsp3) is 0.250. The summed E-state index contributed by atoms with van der Waals surface area (Å²) in [5.41, 5.74) is 1.30. The largest absolute Gasteiger partial charge is 0.377 e. The second kappa shape index (κ2) is 6.41. The van der Waals surface area contributed by atoms with Gasteiger partial charge in [-0.25, -0.2) is 0 Å². The summed E-state index contributed by atoms with van der Waals surface area (Å²) < 4.78 is 0. The maximum atomic E-state index is 8.94. The molecular formula is C8H9ClO. The molecule has 0 aromatic carbocycles. The van der Waals surface area contributed by atoms with Crippen molar-refractivity contribution in [3.8, 4) is 11.8 Å². The van der Waals surface area contributed by atoms with Crippen LogP contribution in [0.5, 0.6) is 0 Å². The van der Waals surface area contributed by atoms with E-state index in [9.17, 15) is 0 Å². The lowest BCUT2D eigenvalue weighted by atomic mass is 10.3. The molecule has 0 aromatic rings. The molecule has 0 rings (SSSR count). The monoisotopic (exact) mass is 156 g/mol. The minimum atomic E-state index is -0.683. The third kappa shape index (κ3) is 5.43. The van der Waals surface area contributed by atoms with Crippen LogP contribution < -0.4 is 0 Å². The summed E-state index contributed by atoms with van der Waals surface area (Å²) in [4.78, 5) is 0. The van der Waals surface area contributed by atoms with E-state index in [0.29, 0.717) is 0 Å². The number of hydrogen-bond donors (Lipinski definition) is 1. The van der Waals surface area contributed by atoms with Gasteiger partial charge in [0.1, 0.15) is 6.10 Å². The first-order valence-corrected chi connectivity index (χ1v) is 3.32. The van der Waals surface area contributed by atoms with Crippen molar-refractivity contribution in [2.45, 2.75) is 13.0 Å². The number of halogens is 1. The van der Waals surface area contributed by atoms with Crippen LogP contribution in [-0.2, 0) is 0 Å². The molecule has 0 radical (unpaired) electrons. The van der Waals surface area contributed by atoms with Gasteiger partial charge in [0.2, 0.25) is 0 Å². The molecule has 0 fully saturated rings. The Kier molecular flexibility index (Phi) is 5.96. The van der Waals surface area contributed by atoms with Crippen molar-refractivity contribution in [1.82, 2.24) is 0 Å². The Balaban J connectivity index is 3.79. The molecule has 0 amide bonds. The van der Waals surface area contributed by atoms with Crippen molar-refractivity contribution < 1.29 is 5.11 Å². The van der Waals surface area contributed by atoms with E-state index in [1.54, 1.807) is 12.2 Å². The average molecular weight is 157 g/mol. The molecule has 10 heavy (non-hydrogen) atoms. The van der Waals surface area contributed by atoms with Crippen LogP contribution in [-0.4, -0.2) is 11.2 Å². The fourth-order valence-corrected chi connectivity index (χ4v) is 0.458. The molecule has 0 heterocycles. The second-order valence-corrected chi connectivity index (χ2v) is 1.80. The molecule has 0 aromatic heterocycles. The number of aliphatic hydroxyl groups is 1. The normalized spacial score (nSPS) is 13.5. The average Bonchev–Trinajstić information content (AvgIpc) is 1.89. The number of rotatable bonds is 1. The molecular weight excluding hydrogens is 148 g/mol.